The van der Waals surface area contributed by atoms with E-state index in [-0.39, 0.29) is 6.61 Å². The van der Waals surface area contributed by atoms with Crippen LogP contribution in [0.25, 0.3) is 0 Å². The molecule has 0 spiro atoms. The van der Waals surface area contributed by atoms with E-state index in [2.05, 4.69) is 15.9 Å². The predicted molar refractivity (Wildman–Crippen MR) is 76.6 cm³/mol. The van der Waals surface area contributed by atoms with E-state index in [1.165, 1.54) is 0 Å². The zero-order chi connectivity index (χ0) is 13.1. The third-order valence-corrected chi connectivity index (χ3v) is 3.62. The second kappa shape index (κ2) is 5.93. The molecule has 0 saturated carbocycles. The quantitative estimate of drug-likeness (QED) is 0.842. The Labute approximate surface area is 123 Å². The number of hydrogen-bond acceptors (Lipinski definition) is 2. The van der Waals surface area contributed by atoms with Gasteiger partial charge in [-0.05, 0) is 30.3 Å². The highest BCUT2D eigenvalue weighted by Crippen LogP contribution is 2.36. The molecule has 2 aromatic carbocycles. The Hall–Kier alpha value is -0.740. The third-order valence-electron chi connectivity index (χ3n) is 2.33. The molecule has 0 amide bonds. The highest BCUT2D eigenvalue weighted by atomic mass is 79.9. The van der Waals surface area contributed by atoms with Gasteiger partial charge in [-0.15, -0.1) is 0 Å². The van der Waals surface area contributed by atoms with Crippen LogP contribution < -0.4 is 4.74 Å². The molecule has 2 aromatic rings. The molecule has 0 atom stereocenters. The number of ether oxygens (including phenoxy) is 1. The number of halogens is 3. The average Bonchev–Trinajstić information content (AvgIpc) is 2.37. The summed E-state index contributed by atoms with van der Waals surface area (Å²) in [6.07, 6.45) is 0. The number of hydrogen-bond donors (Lipinski definition) is 1. The molecule has 2 nitrogen and oxygen atoms in total. The molecule has 0 aliphatic heterocycles. The van der Waals surface area contributed by atoms with E-state index in [1.807, 2.05) is 6.07 Å². The van der Waals surface area contributed by atoms with Crippen LogP contribution in [0.4, 0.5) is 0 Å². The normalized spacial score (nSPS) is 10.4. The standard InChI is InChI=1S/C13H9BrCl2O2/c14-9-4-5-11(8(6-9)7-17)18-12-3-1-2-10(15)13(12)16/h1-6,17H,7H2. The van der Waals surface area contributed by atoms with E-state index >= 15 is 0 Å². The minimum absolute atomic E-state index is 0.118. The fourth-order valence-electron chi connectivity index (χ4n) is 1.45. The van der Waals surface area contributed by atoms with Crippen LogP contribution in [0.1, 0.15) is 5.56 Å². The van der Waals surface area contributed by atoms with Crippen molar-refractivity contribution in [3.63, 3.8) is 0 Å². The molecular formula is C13H9BrCl2O2. The zero-order valence-electron chi connectivity index (χ0n) is 9.16. The van der Waals surface area contributed by atoms with Gasteiger partial charge in [-0.3, -0.25) is 0 Å². The molecule has 94 valence electrons. The molecule has 1 N–H and O–H groups in total. The van der Waals surface area contributed by atoms with Gasteiger partial charge in [0.2, 0.25) is 0 Å². The van der Waals surface area contributed by atoms with Crippen LogP contribution in [0, 0.1) is 0 Å². The Balaban J connectivity index is 2.37. The van der Waals surface area contributed by atoms with E-state index in [9.17, 15) is 5.11 Å². The molecular weight excluding hydrogens is 339 g/mol. The van der Waals surface area contributed by atoms with Crippen LogP contribution >= 0.6 is 39.1 Å². The molecule has 0 bridgehead atoms. The lowest BCUT2D eigenvalue weighted by atomic mass is 10.2. The minimum atomic E-state index is -0.118. The maximum Gasteiger partial charge on any atom is 0.147 e. The van der Waals surface area contributed by atoms with E-state index in [1.54, 1.807) is 30.3 Å². The summed E-state index contributed by atoms with van der Waals surface area (Å²) in [5.41, 5.74) is 0.667. The lowest BCUT2D eigenvalue weighted by Crippen LogP contribution is -1.92. The monoisotopic (exact) mass is 346 g/mol. The zero-order valence-corrected chi connectivity index (χ0v) is 12.3. The van der Waals surface area contributed by atoms with Crippen LogP contribution in [0.2, 0.25) is 10.0 Å². The summed E-state index contributed by atoms with van der Waals surface area (Å²) in [5.74, 6) is 1.01. The Kier molecular flexibility index (Phi) is 4.51. The second-order valence-electron chi connectivity index (χ2n) is 3.56. The highest BCUT2D eigenvalue weighted by molar-refractivity contribution is 9.10. The summed E-state index contributed by atoms with van der Waals surface area (Å²) in [7, 11) is 0. The molecule has 0 aromatic heterocycles. The largest absolute Gasteiger partial charge is 0.455 e. The van der Waals surface area contributed by atoms with E-state index in [0.717, 1.165) is 4.47 Å². The van der Waals surface area contributed by atoms with Gasteiger partial charge in [-0.25, -0.2) is 0 Å². The Morgan fingerprint density at radius 2 is 1.89 bits per heavy atom. The summed E-state index contributed by atoms with van der Waals surface area (Å²) in [6.45, 7) is -0.118. The van der Waals surface area contributed by atoms with E-state index in [0.29, 0.717) is 27.1 Å². The van der Waals surface area contributed by atoms with Crippen molar-refractivity contribution in [3.8, 4) is 11.5 Å². The van der Waals surface area contributed by atoms with Gasteiger partial charge in [0, 0.05) is 10.0 Å². The molecule has 0 saturated heterocycles. The van der Waals surface area contributed by atoms with Crippen LogP contribution in [-0.2, 0) is 6.61 Å². The Morgan fingerprint density at radius 1 is 1.11 bits per heavy atom. The highest BCUT2D eigenvalue weighted by Gasteiger charge is 2.09. The van der Waals surface area contributed by atoms with Crippen molar-refractivity contribution in [2.45, 2.75) is 6.61 Å². The van der Waals surface area contributed by atoms with Gasteiger partial charge < -0.3 is 9.84 Å². The fraction of sp³-hybridized carbons (Fsp3) is 0.0769. The molecule has 2 rings (SSSR count). The second-order valence-corrected chi connectivity index (χ2v) is 5.27. The van der Waals surface area contributed by atoms with Crippen molar-refractivity contribution in [2.24, 2.45) is 0 Å². The number of aliphatic hydroxyl groups is 1. The van der Waals surface area contributed by atoms with E-state index < -0.39 is 0 Å². The third kappa shape index (κ3) is 2.98. The molecule has 0 radical (unpaired) electrons. The molecule has 18 heavy (non-hydrogen) atoms. The smallest absolute Gasteiger partial charge is 0.147 e. The first kappa shape index (κ1) is 13.7. The lowest BCUT2D eigenvalue weighted by molar-refractivity contribution is 0.276. The van der Waals surface area contributed by atoms with Crippen LogP contribution in [-0.4, -0.2) is 5.11 Å². The topological polar surface area (TPSA) is 29.5 Å². The Bertz CT molecular complexity index is 573. The summed E-state index contributed by atoms with van der Waals surface area (Å²) < 4.78 is 6.54. The van der Waals surface area contributed by atoms with Crippen LogP contribution in [0.3, 0.4) is 0 Å². The first-order valence-electron chi connectivity index (χ1n) is 5.13. The molecule has 0 unspecified atom stereocenters. The fourth-order valence-corrected chi connectivity index (χ4v) is 2.19. The number of rotatable bonds is 3. The van der Waals surface area contributed by atoms with Gasteiger partial charge in [0.1, 0.15) is 16.5 Å². The van der Waals surface area contributed by atoms with Crippen molar-refractivity contribution < 1.29 is 9.84 Å². The van der Waals surface area contributed by atoms with Gasteiger partial charge >= 0.3 is 0 Å². The molecule has 0 aliphatic carbocycles. The SMILES string of the molecule is OCc1cc(Br)ccc1Oc1cccc(Cl)c1Cl. The summed E-state index contributed by atoms with van der Waals surface area (Å²) in [6, 6.07) is 10.5. The number of aliphatic hydroxyl groups excluding tert-OH is 1. The Morgan fingerprint density at radius 3 is 2.61 bits per heavy atom. The maximum absolute atomic E-state index is 9.28. The van der Waals surface area contributed by atoms with Crippen LogP contribution in [0.15, 0.2) is 40.9 Å². The van der Waals surface area contributed by atoms with Gasteiger partial charge in [-0.2, -0.15) is 0 Å². The first-order chi connectivity index (χ1) is 8.61. The van der Waals surface area contributed by atoms with Crippen molar-refractivity contribution in [1.29, 1.82) is 0 Å². The lowest BCUT2D eigenvalue weighted by Gasteiger charge is -2.11. The van der Waals surface area contributed by atoms with E-state index in [4.69, 9.17) is 27.9 Å². The molecule has 0 heterocycles. The summed E-state index contributed by atoms with van der Waals surface area (Å²) in [5, 5.41) is 10.1. The molecule has 5 heteroatoms. The van der Waals surface area contributed by atoms with Crippen molar-refractivity contribution in [2.75, 3.05) is 0 Å². The average molecular weight is 348 g/mol. The van der Waals surface area contributed by atoms with Crippen molar-refractivity contribution in [3.05, 3.63) is 56.5 Å². The van der Waals surface area contributed by atoms with Gasteiger partial charge in [-0.1, -0.05) is 45.2 Å². The maximum atomic E-state index is 9.28. The molecule has 0 fully saturated rings. The van der Waals surface area contributed by atoms with Gasteiger partial charge in [0.05, 0.1) is 11.6 Å². The molecule has 0 aliphatic rings. The predicted octanol–water partition coefficient (Wildman–Crippen LogP) is 5.04. The summed E-state index contributed by atoms with van der Waals surface area (Å²) in [4.78, 5) is 0. The van der Waals surface area contributed by atoms with Crippen molar-refractivity contribution in [1.82, 2.24) is 0 Å². The number of benzene rings is 2. The summed E-state index contributed by atoms with van der Waals surface area (Å²) >= 11 is 15.3. The first-order valence-corrected chi connectivity index (χ1v) is 6.68. The minimum Gasteiger partial charge on any atom is -0.455 e. The van der Waals surface area contributed by atoms with Gasteiger partial charge in [0.15, 0.2) is 0 Å². The van der Waals surface area contributed by atoms with Crippen LogP contribution in [0.5, 0.6) is 11.5 Å². The van der Waals surface area contributed by atoms with Crippen molar-refractivity contribution >= 4 is 39.1 Å². The van der Waals surface area contributed by atoms with Gasteiger partial charge in [0.25, 0.3) is 0 Å².